The lowest BCUT2D eigenvalue weighted by Gasteiger charge is -2.11. The second-order valence-corrected chi connectivity index (χ2v) is 6.06. The minimum absolute atomic E-state index is 0.126. The van der Waals surface area contributed by atoms with Crippen LogP contribution in [0.25, 0.3) is 0 Å². The van der Waals surface area contributed by atoms with Gasteiger partial charge in [-0.2, -0.15) is 0 Å². The van der Waals surface area contributed by atoms with E-state index in [1.807, 2.05) is 4.72 Å². The smallest absolute Gasteiger partial charge is 0.263 e. The molecule has 21 heavy (non-hydrogen) atoms. The summed E-state index contributed by atoms with van der Waals surface area (Å²) < 4.78 is 58.1. The Labute approximate surface area is 125 Å². The number of nitrogens with one attached hydrogen (secondary N) is 1. The standard InChI is InChI=1S/C13H10ClF2NO3S/c1-20-8-5-6-12(9(14)7-8)21(18,19)17-13-10(15)3-2-4-11(13)16/h2-7,17H,1H3. The van der Waals surface area contributed by atoms with E-state index in [9.17, 15) is 17.2 Å². The van der Waals surface area contributed by atoms with E-state index in [1.165, 1.54) is 25.3 Å². The summed E-state index contributed by atoms with van der Waals surface area (Å²) in [5.74, 6) is -1.69. The molecule has 0 aliphatic rings. The molecular weight excluding hydrogens is 324 g/mol. The van der Waals surface area contributed by atoms with Gasteiger partial charge in [-0.05, 0) is 24.3 Å². The fourth-order valence-corrected chi connectivity index (χ4v) is 3.22. The van der Waals surface area contributed by atoms with Gasteiger partial charge in [0.2, 0.25) is 0 Å². The number of ether oxygens (including phenoxy) is 1. The molecule has 0 aromatic heterocycles. The van der Waals surface area contributed by atoms with Gasteiger partial charge in [0.15, 0.2) is 0 Å². The van der Waals surface area contributed by atoms with Crippen LogP contribution in [0, 0.1) is 11.6 Å². The van der Waals surface area contributed by atoms with Crippen molar-refractivity contribution in [1.29, 1.82) is 0 Å². The van der Waals surface area contributed by atoms with Gasteiger partial charge in [0.25, 0.3) is 10.0 Å². The van der Waals surface area contributed by atoms with E-state index in [2.05, 4.69) is 0 Å². The summed E-state index contributed by atoms with van der Waals surface area (Å²) in [7, 11) is -2.84. The SMILES string of the molecule is COc1ccc(S(=O)(=O)Nc2c(F)cccc2F)c(Cl)c1. The highest BCUT2D eigenvalue weighted by molar-refractivity contribution is 7.92. The van der Waals surface area contributed by atoms with Gasteiger partial charge in [-0.25, -0.2) is 17.2 Å². The van der Waals surface area contributed by atoms with Crippen LogP contribution in [0.5, 0.6) is 5.75 Å². The fourth-order valence-electron chi connectivity index (χ4n) is 1.61. The van der Waals surface area contributed by atoms with Crippen LogP contribution >= 0.6 is 11.6 Å². The second kappa shape index (κ2) is 5.87. The summed E-state index contributed by atoms with van der Waals surface area (Å²) in [6.07, 6.45) is 0. The zero-order chi connectivity index (χ0) is 15.6. The molecule has 0 heterocycles. The van der Waals surface area contributed by atoms with E-state index < -0.39 is 27.3 Å². The number of benzene rings is 2. The first-order valence-electron chi connectivity index (χ1n) is 5.65. The summed E-state index contributed by atoms with van der Waals surface area (Å²) in [5, 5.41) is -0.126. The quantitative estimate of drug-likeness (QED) is 0.932. The van der Waals surface area contributed by atoms with E-state index in [-0.39, 0.29) is 9.92 Å². The van der Waals surface area contributed by atoms with E-state index in [4.69, 9.17) is 16.3 Å². The van der Waals surface area contributed by atoms with Crippen molar-refractivity contribution < 1.29 is 21.9 Å². The van der Waals surface area contributed by atoms with Crippen molar-refractivity contribution in [2.75, 3.05) is 11.8 Å². The minimum Gasteiger partial charge on any atom is -0.497 e. The molecule has 0 saturated heterocycles. The van der Waals surface area contributed by atoms with Gasteiger partial charge in [0.05, 0.1) is 12.1 Å². The van der Waals surface area contributed by atoms with Crippen molar-refractivity contribution >= 4 is 27.3 Å². The largest absolute Gasteiger partial charge is 0.497 e. The van der Waals surface area contributed by atoms with Crippen LogP contribution in [0.15, 0.2) is 41.3 Å². The van der Waals surface area contributed by atoms with Crippen molar-refractivity contribution in [2.24, 2.45) is 0 Å². The predicted molar refractivity (Wildman–Crippen MR) is 75.2 cm³/mol. The number of halogens is 3. The molecule has 0 unspecified atom stereocenters. The number of hydrogen-bond donors (Lipinski definition) is 1. The Kier molecular flexibility index (Phi) is 4.34. The van der Waals surface area contributed by atoms with E-state index in [1.54, 1.807) is 0 Å². The molecule has 4 nitrogen and oxygen atoms in total. The van der Waals surface area contributed by atoms with Crippen molar-refractivity contribution in [3.8, 4) is 5.75 Å². The number of para-hydroxylation sites is 1. The highest BCUT2D eigenvalue weighted by Gasteiger charge is 2.22. The van der Waals surface area contributed by atoms with Gasteiger partial charge in [-0.3, -0.25) is 4.72 Å². The molecule has 0 amide bonds. The number of rotatable bonds is 4. The van der Waals surface area contributed by atoms with Gasteiger partial charge in [-0.1, -0.05) is 17.7 Å². The predicted octanol–water partition coefficient (Wildman–Crippen LogP) is 3.43. The van der Waals surface area contributed by atoms with Gasteiger partial charge in [0, 0.05) is 6.07 Å². The molecule has 1 N–H and O–H groups in total. The van der Waals surface area contributed by atoms with Crippen LogP contribution in [-0.2, 0) is 10.0 Å². The van der Waals surface area contributed by atoms with Crippen LogP contribution in [-0.4, -0.2) is 15.5 Å². The summed E-state index contributed by atoms with van der Waals surface area (Å²) in [6.45, 7) is 0. The molecule has 8 heteroatoms. The Balaban J connectivity index is 2.44. The maximum absolute atomic E-state index is 13.5. The lowest BCUT2D eigenvalue weighted by molar-refractivity contribution is 0.414. The lowest BCUT2D eigenvalue weighted by Crippen LogP contribution is -2.15. The second-order valence-electron chi connectivity index (χ2n) is 4.00. The third-order valence-corrected chi connectivity index (χ3v) is 4.46. The van der Waals surface area contributed by atoms with Crippen molar-refractivity contribution in [3.63, 3.8) is 0 Å². The molecule has 0 atom stereocenters. The van der Waals surface area contributed by atoms with Crippen molar-refractivity contribution in [3.05, 3.63) is 53.1 Å². The summed E-state index contributed by atoms with van der Waals surface area (Å²) in [5.41, 5.74) is -0.760. The first kappa shape index (κ1) is 15.5. The summed E-state index contributed by atoms with van der Waals surface area (Å²) >= 11 is 5.85. The van der Waals surface area contributed by atoms with Gasteiger partial charge in [0.1, 0.15) is 28.0 Å². The number of sulfonamides is 1. The average molecular weight is 334 g/mol. The van der Waals surface area contributed by atoms with Crippen LogP contribution in [0.1, 0.15) is 0 Å². The third kappa shape index (κ3) is 3.25. The molecule has 0 aliphatic carbocycles. The molecule has 2 aromatic carbocycles. The fraction of sp³-hybridized carbons (Fsp3) is 0.0769. The van der Waals surface area contributed by atoms with Crippen LogP contribution in [0.2, 0.25) is 5.02 Å². The Bertz CT molecular complexity index is 761. The van der Waals surface area contributed by atoms with E-state index in [0.29, 0.717) is 5.75 Å². The Morgan fingerprint density at radius 3 is 2.29 bits per heavy atom. The van der Waals surface area contributed by atoms with E-state index in [0.717, 1.165) is 18.2 Å². The van der Waals surface area contributed by atoms with Crippen LogP contribution in [0.4, 0.5) is 14.5 Å². The highest BCUT2D eigenvalue weighted by atomic mass is 35.5. The Morgan fingerprint density at radius 1 is 1.14 bits per heavy atom. The average Bonchev–Trinajstić information content (AvgIpc) is 2.42. The van der Waals surface area contributed by atoms with E-state index >= 15 is 0 Å². The zero-order valence-electron chi connectivity index (χ0n) is 10.7. The monoisotopic (exact) mass is 333 g/mol. The number of hydrogen-bond acceptors (Lipinski definition) is 3. The first-order chi connectivity index (χ1) is 9.85. The highest BCUT2D eigenvalue weighted by Crippen LogP contribution is 2.29. The zero-order valence-corrected chi connectivity index (χ0v) is 12.3. The topological polar surface area (TPSA) is 55.4 Å². The molecule has 0 aliphatic heterocycles. The third-order valence-electron chi connectivity index (χ3n) is 2.63. The Morgan fingerprint density at radius 2 is 1.76 bits per heavy atom. The summed E-state index contributed by atoms with van der Waals surface area (Å²) in [6, 6.07) is 6.85. The molecular formula is C13H10ClF2NO3S. The molecule has 2 aromatic rings. The van der Waals surface area contributed by atoms with Crippen LogP contribution < -0.4 is 9.46 Å². The minimum atomic E-state index is -4.23. The first-order valence-corrected chi connectivity index (χ1v) is 7.51. The number of methoxy groups -OCH3 is 1. The molecule has 112 valence electrons. The van der Waals surface area contributed by atoms with Gasteiger partial charge >= 0.3 is 0 Å². The maximum Gasteiger partial charge on any atom is 0.263 e. The normalized spacial score (nSPS) is 11.2. The summed E-state index contributed by atoms with van der Waals surface area (Å²) in [4.78, 5) is -0.312. The molecule has 0 fully saturated rings. The lowest BCUT2D eigenvalue weighted by atomic mass is 10.3. The molecule has 0 spiro atoms. The van der Waals surface area contributed by atoms with Crippen LogP contribution in [0.3, 0.4) is 0 Å². The maximum atomic E-state index is 13.5. The molecule has 0 saturated carbocycles. The van der Waals surface area contributed by atoms with Crippen molar-refractivity contribution in [2.45, 2.75) is 4.90 Å². The van der Waals surface area contributed by atoms with Crippen molar-refractivity contribution in [1.82, 2.24) is 0 Å². The molecule has 0 bridgehead atoms. The van der Waals surface area contributed by atoms with Gasteiger partial charge in [-0.15, -0.1) is 0 Å². The number of anilines is 1. The van der Waals surface area contributed by atoms with Gasteiger partial charge < -0.3 is 4.74 Å². The molecule has 0 radical (unpaired) electrons. The Hall–Kier alpha value is -1.86. The molecule has 2 rings (SSSR count).